The Labute approximate surface area is 229 Å². The number of benzene rings is 2. The van der Waals surface area contributed by atoms with Gasteiger partial charge in [0, 0.05) is 5.69 Å². The van der Waals surface area contributed by atoms with E-state index in [1.807, 2.05) is 20.8 Å². The van der Waals surface area contributed by atoms with Gasteiger partial charge >= 0.3 is 7.12 Å². The molecule has 0 atom stereocenters. The van der Waals surface area contributed by atoms with E-state index < -0.39 is 7.12 Å². The molecule has 0 saturated heterocycles. The molecule has 0 unspecified atom stereocenters. The third kappa shape index (κ3) is 6.79. The fraction of sp³-hybridized carbons (Fsp3) is 0.300. The summed E-state index contributed by atoms with van der Waals surface area (Å²) in [4.78, 5) is 0. The van der Waals surface area contributed by atoms with Crippen molar-refractivity contribution in [2.45, 2.75) is 52.9 Å². The molecule has 39 heavy (non-hydrogen) atoms. The van der Waals surface area contributed by atoms with Gasteiger partial charge in [0.2, 0.25) is 0 Å². The highest BCUT2D eigenvalue weighted by molar-refractivity contribution is 6.63. The average molecular weight is 522 g/mol. The van der Waals surface area contributed by atoms with Crippen LogP contribution in [0.25, 0.3) is 0 Å². The van der Waals surface area contributed by atoms with Crippen molar-refractivity contribution in [3.05, 3.63) is 107 Å². The molecule has 3 heterocycles. The zero-order valence-corrected chi connectivity index (χ0v) is 22.8. The van der Waals surface area contributed by atoms with Crippen molar-refractivity contribution in [1.82, 2.24) is 30.6 Å². The monoisotopic (exact) mass is 522 g/mol. The molecule has 9 heteroatoms. The van der Waals surface area contributed by atoms with E-state index in [1.54, 1.807) is 12.4 Å². The van der Waals surface area contributed by atoms with Gasteiger partial charge < -0.3 is 9.31 Å². The molecular formula is C30H35BN6O2. The van der Waals surface area contributed by atoms with E-state index in [0.29, 0.717) is 17.4 Å². The van der Waals surface area contributed by atoms with E-state index >= 15 is 0 Å². The van der Waals surface area contributed by atoms with Gasteiger partial charge in [-0.3, -0.25) is 15.3 Å². The number of nitrogens with one attached hydrogen (secondary N) is 3. The molecule has 200 valence electrons. The van der Waals surface area contributed by atoms with Gasteiger partial charge in [-0.15, -0.1) is 0 Å². The minimum Gasteiger partial charge on any atom is -0.519 e. The predicted molar refractivity (Wildman–Crippen MR) is 153 cm³/mol. The highest BCUT2D eigenvalue weighted by atomic mass is 16.6. The zero-order chi connectivity index (χ0) is 27.0. The van der Waals surface area contributed by atoms with Gasteiger partial charge in [0.05, 0.1) is 34.9 Å². The van der Waals surface area contributed by atoms with Crippen LogP contribution in [0.15, 0.2) is 73.1 Å². The normalized spacial score (nSPS) is 11.2. The summed E-state index contributed by atoms with van der Waals surface area (Å²) in [6, 6.07) is 21.5. The van der Waals surface area contributed by atoms with Crippen LogP contribution in [0.5, 0.6) is 11.5 Å². The Kier molecular flexibility index (Phi) is 8.46. The number of aromatic amines is 3. The Morgan fingerprint density at radius 2 is 1.26 bits per heavy atom. The summed E-state index contributed by atoms with van der Waals surface area (Å²) in [7, 11) is -0.698. The van der Waals surface area contributed by atoms with Crippen LogP contribution in [0.4, 0.5) is 0 Å². The molecule has 3 N–H and O–H groups in total. The lowest BCUT2D eigenvalue weighted by Gasteiger charge is -2.18. The van der Waals surface area contributed by atoms with Crippen molar-refractivity contribution in [2.24, 2.45) is 5.92 Å². The predicted octanol–water partition coefficient (Wildman–Crippen LogP) is 5.06. The van der Waals surface area contributed by atoms with Gasteiger partial charge in [0.1, 0.15) is 11.5 Å². The van der Waals surface area contributed by atoms with Crippen LogP contribution >= 0.6 is 0 Å². The third-order valence-electron chi connectivity index (χ3n) is 7.10. The van der Waals surface area contributed by atoms with E-state index in [-0.39, 0.29) is 0 Å². The topological polar surface area (TPSA) is 104 Å². The van der Waals surface area contributed by atoms with Gasteiger partial charge in [-0.2, -0.15) is 15.3 Å². The molecule has 0 bridgehead atoms. The van der Waals surface area contributed by atoms with Crippen molar-refractivity contribution in [1.29, 1.82) is 0 Å². The molecule has 0 aliphatic carbocycles. The molecule has 5 aromatic rings. The lowest BCUT2D eigenvalue weighted by Crippen LogP contribution is -2.45. The molecule has 0 aliphatic heterocycles. The van der Waals surface area contributed by atoms with Crippen LogP contribution in [-0.2, 0) is 19.3 Å². The first kappa shape index (κ1) is 26.3. The lowest BCUT2D eigenvalue weighted by atomic mass is 9.75. The first-order chi connectivity index (χ1) is 19.1. The number of nitrogens with zero attached hydrogens (tertiary/aromatic N) is 3. The molecule has 5 rings (SSSR count). The zero-order valence-electron chi connectivity index (χ0n) is 22.8. The summed E-state index contributed by atoms with van der Waals surface area (Å²) in [6.07, 6.45) is 8.35. The quantitative estimate of drug-likeness (QED) is 0.188. The molecular weight excluding hydrogens is 487 g/mol. The number of hydrogen-bond donors (Lipinski definition) is 3. The molecule has 0 saturated carbocycles. The SMILES string of the molecule is Cc1[nH]ncc1OB(Oc1cn[nH]c1C)c1c(CCCC(Cc2ccccc2)Cc2ccccc2)n[nH]c1C. The molecule has 0 spiro atoms. The van der Waals surface area contributed by atoms with Crippen LogP contribution in [0.3, 0.4) is 0 Å². The summed E-state index contributed by atoms with van der Waals surface area (Å²) in [6.45, 7) is 5.85. The average Bonchev–Trinajstić information content (AvgIpc) is 3.65. The van der Waals surface area contributed by atoms with Crippen molar-refractivity contribution in [3.63, 3.8) is 0 Å². The van der Waals surface area contributed by atoms with Gasteiger partial charge in [-0.1, -0.05) is 60.7 Å². The maximum Gasteiger partial charge on any atom is 0.636 e. The number of aryl methyl sites for hydroxylation is 4. The van der Waals surface area contributed by atoms with E-state index in [9.17, 15) is 0 Å². The Morgan fingerprint density at radius 1 is 0.718 bits per heavy atom. The highest BCUT2D eigenvalue weighted by Gasteiger charge is 2.35. The maximum absolute atomic E-state index is 6.35. The third-order valence-corrected chi connectivity index (χ3v) is 7.10. The summed E-state index contributed by atoms with van der Waals surface area (Å²) in [5.74, 6) is 1.81. The summed E-state index contributed by atoms with van der Waals surface area (Å²) in [5, 5.41) is 21.9. The fourth-order valence-electron chi connectivity index (χ4n) is 5.01. The van der Waals surface area contributed by atoms with Gasteiger partial charge in [0.15, 0.2) is 0 Å². The van der Waals surface area contributed by atoms with Crippen molar-refractivity contribution >= 4 is 12.6 Å². The molecule has 3 aromatic heterocycles. The summed E-state index contributed by atoms with van der Waals surface area (Å²) in [5.41, 5.74) is 7.21. The van der Waals surface area contributed by atoms with Gasteiger partial charge in [-0.25, -0.2) is 0 Å². The number of H-pyrrole nitrogens is 3. The first-order valence-corrected chi connectivity index (χ1v) is 13.5. The van der Waals surface area contributed by atoms with E-state index in [2.05, 4.69) is 91.3 Å². The molecule has 0 amide bonds. The second-order valence-electron chi connectivity index (χ2n) is 10.1. The van der Waals surface area contributed by atoms with Crippen molar-refractivity contribution in [3.8, 4) is 11.5 Å². The van der Waals surface area contributed by atoms with Crippen LogP contribution in [0.1, 0.15) is 46.7 Å². The van der Waals surface area contributed by atoms with E-state index in [0.717, 1.165) is 60.3 Å². The summed E-state index contributed by atoms with van der Waals surface area (Å²) < 4.78 is 12.7. The van der Waals surface area contributed by atoms with Crippen molar-refractivity contribution < 1.29 is 9.31 Å². The fourth-order valence-corrected chi connectivity index (χ4v) is 5.01. The lowest BCUT2D eigenvalue weighted by molar-refractivity contribution is 0.434. The molecule has 0 fully saturated rings. The Hall–Kier alpha value is -4.27. The Bertz CT molecular complexity index is 1360. The molecule has 0 aliphatic rings. The standard InChI is InChI=1S/C30H35BN6O2/c1-21-28(19-32-34-21)38-31(39-29-20-33-35-22(29)2)30-23(3)36-37-27(30)16-10-15-26(17-24-11-6-4-7-12-24)18-25-13-8-5-9-14-25/h4-9,11-14,19-20,26H,10,15-18H2,1-3H3,(H,32,34)(H,33,35)(H,36,37). The molecule has 0 radical (unpaired) electrons. The van der Waals surface area contributed by atoms with Gasteiger partial charge in [0.25, 0.3) is 0 Å². The van der Waals surface area contributed by atoms with E-state index in [1.165, 1.54) is 11.1 Å². The second-order valence-corrected chi connectivity index (χ2v) is 10.1. The number of rotatable bonds is 13. The Morgan fingerprint density at radius 3 is 1.74 bits per heavy atom. The minimum absolute atomic E-state index is 0.531. The molecule has 2 aromatic carbocycles. The second kappa shape index (κ2) is 12.5. The van der Waals surface area contributed by atoms with Crippen LogP contribution < -0.4 is 14.8 Å². The minimum atomic E-state index is -0.698. The highest BCUT2D eigenvalue weighted by Crippen LogP contribution is 2.22. The van der Waals surface area contributed by atoms with E-state index in [4.69, 9.17) is 9.31 Å². The maximum atomic E-state index is 6.35. The number of aromatic nitrogens is 6. The summed E-state index contributed by atoms with van der Waals surface area (Å²) >= 11 is 0. The first-order valence-electron chi connectivity index (χ1n) is 13.5. The Balaban J connectivity index is 1.32. The largest absolute Gasteiger partial charge is 0.636 e. The van der Waals surface area contributed by atoms with Gasteiger partial charge in [-0.05, 0) is 69.9 Å². The smallest absolute Gasteiger partial charge is 0.519 e. The van der Waals surface area contributed by atoms with Crippen LogP contribution in [-0.4, -0.2) is 37.7 Å². The molecule has 8 nitrogen and oxygen atoms in total. The van der Waals surface area contributed by atoms with Crippen LogP contribution in [0, 0.1) is 26.7 Å². The van der Waals surface area contributed by atoms with Crippen molar-refractivity contribution in [2.75, 3.05) is 0 Å². The van der Waals surface area contributed by atoms with Crippen LogP contribution in [0.2, 0.25) is 0 Å². The number of hydrogen-bond acceptors (Lipinski definition) is 5.